The zero-order valence-electron chi connectivity index (χ0n) is 14.1. The lowest BCUT2D eigenvalue weighted by Crippen LogP contribution is -2.42. The fraction of sp³-hybridized carbons (Fsp3) is 0.941. The third-order valence-electron chi connectivity index (χ3n) is 4.73. The lowest BCUT2D eigenvalue weighted by Gasteiger charge is -2.31. The fourth-order valence-corrected chi connectivity index (χ4v) is 3.28. The Morgan fingerprint density at radius 1 is 1.30 bits per heavy atom. The Labute approximate surface area is 125 Å². The molecule has 3 heteroatoms. The Balaban J connectivity index is 2.66. The molecule has 1 rings (SSSR count). The Bertz CT molecular complexity index is 296. The average molecular weight is 283 g/mol. The van der Waals surface area contributed by atoms with E-state index in [0.717, 1.165) is 38.3 Å². The van der Waals surface area contributed by atoms with Gasteiger partial charge >= 0.3 is 5.97 Å². The largest absolute Gasteiger partial charge is 0.468 e. The van der Waals surface area contributed by atoms with E-state index in [1.54, 1.807) is 0 Å². The van der Waals surface area contributed by atoms with Gasteiger partial charge in [-0.25, -0.2) is 0 Å². The highest BCUT2D eigenvalue weighted by molar-refractivity contribution is 5.75. The molecule has 0 aromatic rings. The molecule has 0 aliphatic carbocycles. The number of carbonyl (C=O) groups is 1. The number of hydrogen-bond donors (Lipinski definition) is 0. The molecule has 118 valence electrons. The molecular weight excluding hydrogens is 250 g/mol. The van der Waals surface area contributed by atoms with Gasteiger partial charge in [-0.05, 0) is 50.1 Å². The van der Waals surface area contributed by atoms with Crippen LogP contribution in [-0.4, -0.2) is 37.1 Å². The van der Waals surface area contributed by atoms with Gasteiger partial charge in [0.15, 0.2) is 0 Å². The molecule has 0 radical (unpaired) electrons. The van der Waals surface area contributed by atoms with Gasteiger partial charge in [-0.3, -0.25) is 9.69 Å². The first kappa shape index (κ1) is 17.5. The predicted molar refractivity (Wildman–Crippen MR) is 83.7 cm³/mol. The minimum atomic E-state index is -0.0485. The van der Waals surface area contributed by atoms with Crippen LogP contribution in [0.25, 0.3) is 0 Å². The maximum atomic E-state index is 12.0. The molecule has 0 spiro atoms. The molecule has 0 bridgehead atoms. The lowest BCUT2D eigenvalue weighted by atomic mass is 9.77. The number of likely N-dealkylation sites (tertiary alicyclic amines) is 1. The van der Waals surface area contributed by atoms with Crippen LogP contribution in [0.5, 0.6) is 0 Å². The van der Waals surface area contributed by atoms with Crippen molar-refractivity contribution < 1.29 is 9.53 Å². The van der Waals surface area contributed by atoms with Gasteiger partial charge in [0, 0.05) is 0 Å². The molecule has 1 fully saturated rings. The number of hydrogen-bond acceptors (Lipinski definition) is 3. The summed E-state index contributed by atoms with van der Waals surface area (Å²) in [6.07, 6.45) is 6.83. The van der Waals surface area contributed by atoms with Gasteiger partial charge in [0.2, 0.25) is 0 Å². The molecule has 2 atom stereocenters. The van der Waals surface area contributed by atoms with E-state index < -0.39 is 0 Å². The summed E-state index contributed by atoms with van der Waals surface area (Å²) in [4.78, 5) is 14.4. The highest BCUT2D eigenvalue weighted by Crippen LogP contribution is 2.34. The Morgan fingerprint density at radius 2 is 2.00 bits per heavy atom. The van der Waals surface area contributed by atoms with Crippen LogP contribution < -0.4 is 0 Å². The van der Waals surface area contributed by atoms with Crippen molar-refractivity contribution in [3.8, 4) is 0 Å². The van der Waals surface area contributed by atoms with E-state index in [4.69, 9.17) is 4.74 Å². The van der Waals surface area contributed by atoms with Gasteiger partial charge < -0.3 is 4.74 Å². The van der Waals surface area contributed by atoms with Crippen LogP contribution >= 0.6 is 0 Å². The van der Waals surface area contributed by atoms with Crippen molar-refractivity contribution in [3.63, 3.8) is 0 Å². The van der Waals surface area contributed by atoms with Crippen molar-refractivity contribution in [2.75, 3.05) is 20.2 Å². The van der Waals surface area contributed by atoms with Crippen LogP contribution in [0.3, 0.4) is 0 Å². The number of rotatable bonds is 5. The SMILES string of the molecule is CCCCC(C(=O)OC)N1CCCC(C(C)(C)C)CC1. The summed E-state index contributed by atoms with van der Waals surface area (Å²) < 4.78 is 5.02. The molecule has 0 saturated carbocycles. The normalized spacial score (nSPS) is 23.1. The van der Waals surface area contributed by atoms with E-state index in [2.05, 4.69) is 32.6 Å². The average Bonchev–Trinajstić information content (AvgIpc) is 2.64. The Kier molecular flexibility index (Phi) is 7.01. The second kappa shape index (κ2) is 8.02. The van der Waals surface area contributed by atoms with Gasteiger partial charge in [-0.2, -0.15) is 0 Å². The smallest absolute Gasteiger partial charge is 0.323 e. The van der Waals surface area contributed by atoms with Crippen LogP contribution in [0.2, 0.25) is 0 Å². The van der Waals surface area contributed by atoms with E-state index >= 15 is 0 Å². The second-order valence-corrected chi connectivity index (χ2v) is 7.21. The van der Waals surface area contributed by atoms with Crippen LogP contribution in [0.4, 0.5) is 0 Å². The second-order valence-electron chi connectivity index (χ2n) is 7.21. The molecular formula is C17H33NO2. The molecule has 1 aliphatic heterocycles. The summed E-state index contributed by atoms with van der Waals surface area (Å²) in [5, 5.41) is 0. The molecule has 20 heavy (non-hydrogen) atoms. The van der Waals surface area contributed by atoms with E-state index in [-0.39, 0.29) is 12.0 Å². The van der Waals surface area contributed by atoms with Crippen molar-refractivity contribution in [1.29, 1.82) is 0 Å². The molecule has 3 nitrogen and oxygen atoms in total. The molecule has 1 heterocycles. The van der Waals surface area contributed by atoms with Gasteiger partial charge in [-0.15, -0.1) is 0 Å². The molecule has 0 N–H and O–H groups in total. The minimum Gasteiger partial charge on any atom is -0.468 e. The summed E-state index contributed by atoms with van der Waals surface area (Å²) in [5.74, 6) is 0.713. The number of methoxy groups -OCH3 is 1. The maximum Gasteiger partial charge on any atom is 0.323 e. The third kappa shape index (κ3) is 5.08. The highest BCUT2D eigenvalue weighted by atomic mass is 16.5. The van der Waals surface area contributed by atoms with Crippen LogP contribution in [-0.2, 0) is 9.53 Å². The summed E-state index contributed by atoms with van der Waals surface area (Å²) in [7, 11) is 1.51. The first-order valence-corrected chi connectivity index (χ1v) is 8.22. The third-order valence-corrected chi connectivity index (χ3v) is 4.73. The van der Waals surface area contributed by atoms with Crippen molar-refractivity contribution in [2.45, 2.75) is 72.3 Å². The van der Waals surface area contributed by atoms with Crippen molar-refractivity contribution in [3.05, 3.63) is 0 Å². The Morgan fingerprint density at radius 3 is 2.55 bits per heavy atom. The number of esters is 1. The minimum absolute atomic E-state index is 0.0290. The molecule has 0 aromatic heterocycles. The van der Waals surface area contributed by atoms with Crippen LogP contribution in [0, 0.1) is 11.3 Å². The summed E-state index contributed by atoms with van der Waals surface area (Å²) in [6, 6.07) is -0.0290. The zero-order valence-corrected chi connectivity index (χ0v) is 14.1. The van der Waals surface area contributed by atoms with E-state index in [1.165, 1.54) is 26.4 Å². The maximum absolute atomic E-state index is 12.0. The summed E-state index contributed by atoms with van der Waals surface area (Å²) >= 11 is 0. The van der Waals surface area contributed by atoms with Crippen molar-refractivity contribution >= 4 is 5.97 Å². The van der Waals surface area contributed by atoms with Gasteiger partial charge in [-0.1, -0.05) is 40.5 Å². The zero-order chi connectivity index (χ0) is 15.2. The van der Waals surface area contributed by atoms with Gasteiger partial charge in [0.05, 0.1) is 7.11 Å². The predicted octanol–water partition coefficient (Wildman–Crippen LogP) is 3.87. The lowest BCUT2D eigenvalue weighted by molar-refractivity contribution is -0.147. The van der Waals surface area contributed by atoms with E-state index in [9.17, 15) is 4.79 Å². The number of ether oxygens (including phenoxy) is 1. The van der Waals surface area contributed by atoms with Crippen LogP contribution in [0.1, 0.15) is 66.2 Å². The topological polar surface area (TPSA) is 29.5 Å². The summed E-state index contributed by atoms with van der Waals surface area (Å²) in [5.41, 5.74) is 0.375. The standard InChI is InChI=1S/C17H33NO2/c1-6-7-10-15(16(19)20-5)18-12-8-9-14(11-13-18)17(2,3)4/h14-15H,6-13H2,1-5H3. The molecule has 1 saturated heterocycles. The van der Waals surface area contributed by atoms with E-state index in [1.807, 2.05) is 0 Å². The van der Waals surface area contributed by atoms with Gasteiger partial charge in [0.25, 0.3) is 0 Å². The fourth-order valence-electron chi connectivity index (χ4n) is 3.28. The van der Waals surface area contributed by atoms with Crippen molar-refractivity contribution in [1.82, 2.24) is 4.90 Å². The molecule has 1 aliphatic rings. The van der Waals surface area contributed by atoms with Crippen molar-refractivity contribution in [2.24, 2.45) is 11.3 Å². The number of carbonyl (C=O) groups excluding carboxylic acids is 1. The first-order valence-electron chi connectivity index (χ1n) is 8.22. The monoisotopic (exact) mass is 283 g/mol. The summed E-state index contributed by atoms with van der Waals surface area (Å²) in [6.45, 7) is 11.3. The quantitative estimate of drug-likeness (QED) is 0.717. The first-order chi connectivity index (χ1) is 9.40. The highest BCUT2D eigenvalue weighted by Gasteiger charge is 2.31. The van der Waals surface area contributed by atoms with Crippen LogP contribution in [0.15, 0.2) is 0 Å². The van der Waals surface area contributed by atoms with E-state index in [0.29, 0.717) is 5.41 Å². The number of unbranched alkanes of at least 4 members (excludes halogenated alkanes) is 1. The number of nitrogens with zero attached hydrogens (tertiary/aromatic N) is 1. The molecule has 0 aromatic carbocycles. The Hall–Kier alpha value is -0.570. The molecule has 0 amide bonds. The van der Waals surface area contributed by atoms with Gasteiger partial charge in [0.1, 0.15) is 6.04 Å². The molecule has 2 unspecified atom stereocenters.